The van der Waals surface area contributed by atoms with Gasteiger partial charge in [-0.3, -0.25) is 0 Å². The maximum atomic E-state index is 13.9. The summed E-state index contributed by atoms with van der Waals surface area (Å²) in [5.74, 6) is -0.672. The van der Waals surface area contributed by atoms with E-state index in [1.165, 1.54) is 12.1 Å². The third-order valence-corrected chi connectivity index (χ3v) is 9.03. The highest BCUT2D eigenvalue weighted by molar-refractivity contribution is 6.14. The minimum absolute atomic E-state index is 0.0769. The molecule has 0 heterocycles. The maximum Gasteiger partial charge on any atom is 0.573 e. The first-order valence-corrected chi connectivity index (χ1v) is 15.9. The molecule has 2 aliphatic rings. The number of nitriles is 2. The van der Waals surface area contributed by atoms with E-state index in [9.17, 15) is 36.9 Å². The molecule has 0 bridgehead atoms. The van der Waals surface area contributed by atoms with E-state index in [1.807, 2.05) is 43.3 Å². The van der Waals surface area contributed by atoms with Gasteiger partial charge in [0.2, 0.25) is 0 Å². The maximum absolute atomic E-state index is 13.9. The summed E-state index contributed by atoms with van der Waals surface area (Å²) in [5.41, 5.74) is 5.18. The van der Waals surface area contributed by atoms with Gasteiger partial charge >= 0.3 is 12.5 Å². The summed E-state index contributed by atoms with van der Waals surface area (Å²) in [4.78, 5) is 6.90. The predicted octanol–water partition coefficient (Wildman–Crippen LogP) is 11.5. The average Bonchev–Trinajstić information content (AvgIpc) is 3.63. The molecule has 0 saturated heterocycles. The molecule has 0 amide bonds. The van der Waals surface area contributed by atoms with Crippen molar-refractivity contribution < 1.29 is 35.8 Å². The van der Waals surface area contributed by atoms with Gasteiger partial charge in [-0.1, -0.05) is 66.2 Å². The highest BCUT2D eigenvalue weighted by Gasteiger charge is 2.39. The normalized spacial score (nSPS) is 14.3. The standard InChI is InChI=1S/C42H20F6N4O2/c1-22-4-6-23(7-5-22)25-10-14-28-30(16-25)36(34(19-49)51-2)32-18-33-37(35(20-50)52-3)31-17-26(24-8-12-27(13-9-24)54-42(46,47)48)11-15-29(31)39(33)40(38(28)32)53-21-41(43,44)45/h4-18H,21H2,1H3/b36-34+,37-35-. The Labute approximate surface area is 304 Å². The van der Waals surface area contributed by atoms with E-state index in [0.29, 0.717) is 27.8 Å². The lowest BCUT2D eigenvalue weighted by molar-refractivity contribution is -0.274. The molecule has 5 aromatic carbocycles. The van der Waals surface area contributed by atoms with Crippen molar-refractivity contribution in [3.63, 3.8) is 0 Å². The monoisotopic (exact) mass is 726 g/mol. The van der Waals surface area contributed by atoms with Crippen LogP contribution in [0.25, 0.3) is 65.3 Å². The van der Waals surface area contributed by atoms with Crippen LogP contribution < -0.4 is 9.47 Å². The lowest BCUT2D eigenvalue weighted by Gasteiger charge is -2.18. The van der Waals surface area contributed by atoms with Crippen LogP contribution in [0.1, 0.15) is 27.8 Å². The summed E-state index contributed by atoms with van der Waals surface area (Å²) >= 11 is 0. The molecular formula is C42H20F6N4O2. The molecule has 5 aromatic rings. The Bertz CT molecular complexity index is 2610. The third-order valence-electron chi connectivity index (χ3n) is 9.03. The number of alkyl halides is 6. The van der Waals surface area contributed by atoms with Crippen molar-refractivity contribution >= 4 is 11.1 Å². The highest BCUT2D eigenvalue weighted by Crippen LogP contribution is 2.60. The van der Waals surface area contributed by atoms with Crippen molar-refractivity contribution in [2.24, 2.45) is 0 Å². The molecule has 7 rings (SSSR count). The van der Waals surface area contributed by atoms with Crippen molar-refractivity contribution in [2.75, 3.05) is 6.61 Å². The Morgan fingerprint density at radius 1 is 0.611 bits per heavy atom. The highest BCUT2D eigenvalue weighted by atomic mass is 19.4. The van der Waals surface area contributed by atoms with Gasteiger partial charge in [0.1, 0.15) is 11.5 Å². The van der Waals surface area contributed by atoms with E-state index in [0.717, 1.165) is 28.8 Å². The van der Waals surface area contributed by atoms with Gasteiger partial charge in [0.05, 0.1) is 25.3 Å². The van der Waals surface area contributed by atoms with Crippen LogP contribution in [0, 0.1) is 42.7 Å². The van der Waals surface area contributed by atoms with E-state index in [1.54, 1.807) is 42.5 Å². The SMILES string of the molecule is [C-]#[N+]/C(C#N)=C1/c2cc(-c3ccc(OC(F)(F)F)cc3)ccc2-c2c1cc1c(c2OCC(F)(F)F)-c2ccc(-c3ccc(C)cc3)cc2/C1=C(/C#N)[N+]#[C-]. The number of fused-ring (bicyclic) bond motifs is 6. The summed E-state index contributed by atoms with van der Waals surface area (Å²) in [5, 5.41) is 20.3. The third kappa shape index (κ3) is 6.17. The lowest BCUT2D eigenvalue weighted by Crippen LogP contribution is -2.20. The topological polar surface area (TPSA) is 74.8 Å². The summed E-state index contributed by atoms with van der Waals surface area (Å²) in [6.45, 7) is 15.9. The molecule has 0 saturated carbocycles. The Hall–Kier alpha value is -7.28. The number of halogens is 6. The van der Waals surface area contributed by atoms with Gasteiger partial charge in [0.15, 0.2) is 6.61 Å². The summed E-state index contributed by atoms with van der Waals surface area (Å²) in [7, 11) is 0. The van der Waals surface area contributed by atoms with E-state index >= 15 is 0 Å². The van der Waals surface area contributed by atoms with E-state index in [-0.39, 0.29) is 50.4 Å². The molecule has 0 unspecified atom stereocenters. The summed E-state index contributed by atoms with van der Waals surface area (Å²) in [6, 6.07) is 28.0. The second-order valence-corrected chi connectivity index (χ2v) is 12.3. The fraction of sp³-hybridized carbons (Fsp3) is 0.0952. The van der Waals surface area contributed by atoms with Crippen molar-refractivity contribution in [3.8, 4) is 68.1 Å². The zero-order valence-electron chi connectivity index (χ0n) is 27.7. The van der Waals surface area contributed by atoms with Crippen LogP contribution >= 0.6 is 0 Å². The number of rotatable bonds is 5. The van der Waals surface area contributed by atoms with Gasteiger partial charge in [0, 0.05) is 22.3 Å². The van der Waals surface area contributed by atoms with Gasteiger partial charge < -0.3 is 9.47 Å². The molecule has 6 nitrogen and oxygen atoms in total. The second kappa shape index (κ2) is 13.0. The molecule has 0 radical (unpaired) electrons. The zero-order valence-corrected chi connectivity index (χ0v) is 27.7. The molecule has 262 valence electrons. The molecule has 0 aromatic heterocycles. The number of ether oxygens (including phenoxy) is 2. The minimum atomic E-state index is -4.90. The molecular weight excluding hydrogens is 706 g/mol. The molecule has 2 aliphatic carbocycles. The fourth-order valence-corrected chi connectivity index (χ4v) is 6.85. The van der Waals surface area contributed by atoms with Crippen LogP contribution in [0.5, 0.6) is 11.5 Å². The van der Waals surface area contributed by atoms with Crippen molar-refractivity contribution in [2.45, 2.75) is 19.5 Å². The van der Waals surface area contributed by atoms with Crippen LogP contribution in [0.4, 0.5) is 26.3 Å². The molecule has 0 atom stereocenters. The Kier molecular flexibility index (Phi) is 8.49. The van der Waals surface area contributed by atoms with Crippen LogP contribution in [0.15, 0.2) is 102 Å². The molecule has 54 heavy (non-hydrogen) atoms. The lowest BCUT2D eigenvalue weighted by atomic mass is 9.93. The van der Waals surface area contributed by atoms with E-state index in [4.69, 9.17) is 17.9 Å². The number of benzene rings is 5. The molecule has 0 fully saturated rings. The zero-order chi connectivity index (χ0) is 38.5. The van der Waals surface area contributed by atoms with Gasteiger partial charge in [-0.25, -0.2) is 20.2 Å². The van der Waals surface area contributed by atoms with Crippen LogP contribution in [0.3, 0.4) is 0 Å². The first kappa shape index (κ1) is 35.1. The van der Waals surface area contributed by atoms with Crippen LogP contribution in [-0.4, -0.2) is 19.1 Å². The number of nitrogens with zero attached hydrogens (tertiary/aromatic N) is 4. The number of hydrogen-bond donors (Lipinski definition) is 0. The van der Waals surface area contributed by atoms with Gasteiger partial charge in [0.25, 0.3) is 11.4 Å². The van der Waals surface area contributed by atoms with Crippen LogP contribution in [0.2, 0.25) is 0 Å². The molecule has 12 heteroatoms. The Morgan fingerprint density at radius 3 is 1.46 bits per heavy atom. The van der Waals surface area contributed by atoms with Crippen LogP contribution in [-0.2, 0) is 0 Å². The average molecular weight is 727 g/mol. The van der Waals surface area contributed by atoms with E-state index < -0.39 is 30.6 Å². The predicted molar refractivity (Wildman–Crippen MR) is 188 cm³/mol. The summed E-state index contributed by atoms with van der Waals surface area (Å²) in [6.07, 6.45) is -9.68. The second-order valence-electron chi connectivity index (χ2n) is 12.3. The fourth-order valence-electron chi connectivity index (χ4n) is 6.85. The smallest absolute Gasteiger partial charge is 0.483 e. The van der Waals surface area contributed by atoms with Crippen molar-refractivity contribution in [1.29, 1.82) is 10.5 Å². The van der Waals surface area contributed by atoms with Crippen molar-refractivity contribution in [1.82, 2.24) is 0 Å². The summed E-state index contributed by atoms with van der Waals surface area (Å²) < 4.78 is 89.7. The van der Waals surface area contributed by atoms with E-state index in [2.05, 4.69) is 14.4 Å². The Balaban J connectivity index is 1.51. The van der Waals surface area contributed by atoms with Gasteiger partial charge in [-0.05, 0) is 92.9 Å². The number of hydrogen-bond acceptors (Lipinski definition) is 4. The Morgan fingerprint density at radius 2 is 1.06 bits per heavy atom. The van der Waals surface area contributed by atoms with Crippen molar-refractivity contribution in [3.05, 3.63) is 153 Å². The van der Waals surface area contributed by atoms with Gasteiger partial charge in [-0.15, -0.1) is 13.2 Å². The first-order valence-electron chi connectivity index (χ1n) is 15.9. The number of aryl methyl sites for hydroxylation is 1. The molecule has 0 spiro atoms. The molecule has 0 aliphatic heterocycles. The minimum Gasteiger partial charge on any atom is -0.483 e. The largest absolute Gasteiger partial charge is 0.573 e. The molecule has 0 N–H and O–H groups in total. The quantitative estimate of drug-likeness (QED) is 0.101. The first-order chi connectivity index (χ1) is 25.7. The number of allylic oxidation sites excluding steroid dienone is 2. The van der Waals surface area contributed by atoms with Gasteiger partial charge in [-0.2, -0.15) is 13.2 Å².